The number of benzene rings is 1. The molecule has 3 rings (SSSR count). The molecule has 2 aromatic heterocycles. The number of ether oxygens (including phenoxy) is 1. The topological polar surface area (TPSA) is 94.3 Å². The average Bonchev–Trinajstić information content (AvgIpc) is 3.09. The molecule has 0 bridgehead atoms. The van der Waals surface area contributed by atoms with E-state index in [1.807, 2.05) is 6.92 Å². The van der Waals surface area contributed by atoms with Crippen molar-refractivity contribution < 1.29 is 18.7 Å². The van der Waals surface area contributed by atoms with Crippen LogP contribution in [0.15, 0.2) is 52.2 Å². The molecule has 140 valence electrons. The normalized spacial score (nSPS) is 11.9. The molecule has 0 aliphatic heterocycles. The second-order valence-corrected chi connectivity index (χ2v) is 6.76. The second-order valence-electron chi connectivity index (χ2n) is 5.61. The Hall–Kier alpha value is -2.87. The van der Waals surface area contributed by atoms with E-state index >= 15 is 0 Å². The molecule has 2 heterocycles. The summed E-state index contributed by atoms with van der Waals surface area (Å²) >= 11 is 1.25. The summed E-state index contributed by atoms with van der Waals surface area (Å²) in [4.78, 5) is 32.7. The van der Waals surface area contributed by atoms with Crippen molar-refractivity contribution in [3.05, 3.63) is 48.2 Å². The first-order chi connectivity index (χ1) is 13.1. The van der Waals surface area contributed by atoms with Crippen molar-refractivity contribution >= 4 is 40.6 Å². The fourth-order valence-corrected chi connectivity index (χ4v) is 3.22. The standard InChI is InChI=1S/C19H19N3O4S/c1-3-15(27-19-22-16-14(26-19)6-5-11-20-16)17(23)21-13-9-7-12(8-10-13)18(24)25-4-2/h5-11,15H,3-4H2,1-2H3,(H,21,23). The van der Waals surface area contributed by atoms with E-state index in [2.05, 4.69) is 15.3 Å². The van der Waals surface area contributed by atoms with Gasteiger partial charge in [-0.05, 0) is 49.7 Å². The highest BCUT2D eigenvalue weighted by molar-refractivity contribution is 8.00. The molecule has 7 nitrogen and oxygen atoms in total. The third-order valence-electron chi connectivity index (χ3n) is 3.72. The van der Waals surface area contributed by atoms with Crippen LogP contribution >= 0.6 is 11.8 Å². The number of anilines is 1. The lowest BCUT2D eigenvalue weighted by atomic mass is 10.2. The van der Waals surface area contributed by atoms with Crippen LogP contribution in [0.25, 0.3) is 11.2 Å². The van der Waals surface area contributed by atoms with Crippen molar-refractivity contribution in [2.24, 2.45) is 0 Å². The van der Waals surface area contributed by atoms with Gasteiger partial charge in [0, 0.05) is 11.9 Å². The number of oxazole rings is 1. The molecule has 0 radical (unpaired) electrons. The summed E-state index contributed by atoms with van der Waals surface area (Å²) in [6.45, 7) is 3.99. The average molecular weight is 385 g/mol. The second kappa shape index (κ2) is 8.68. The zero-order valence-electron chi connectivity index (χ0n) is 15.0. The maximum Gasteiger partial charge on any atom is 0.338 e. The van der Waals surface area contributed by atoms with E-state index in [4.69, 9.17) is 9.15 Å². The highest BCUT2D eigenvalue weighted by Crippen LogP contribution is 2.28. The van der Waals surface area contributed by atoms with Crippen LogP contribution in [0.4, 0.5) is 5.69 Å². The number of nitrogens with zero attached hydrogens (tertiary/aromatic N) is 2. The van der Waals surface area contributed by atoms with E-state index < -0.39 is 0 Å². The quantitative estimate of drug-likeness (QED) is 0.487. The van der Waals surface area contributed by atoms with Gasteiger partial charge in [0.1, 0.15) is 0 Å². The molecule has 27 heavy (non-hydrogen) atoms. The Morgan fingerprint density at radius 2 is 2.00 bits per heavy atom. The lowest BCUT2D eigenvalue weighted by molar-refractivity contribution is -0.115. The van der Waals surface area contributed by atoms with E-state index in [-0.39, 0.29) is 17.1 Å². The summed E-state index contributed by atoms with van der Waals surface area (Å²) in [6.07, 6.45) is 2.24. The van der Waals surface area contributed by atoms with Gasteiger partial charge in [-0.15, -0.1) is 0 Å². The van der Waals surface area contributed by atoms with Crippen molar-refractivity contribution in [1.29, 1.82) is 0 Å². The fraction of sp³-hybridized carbons (Fsp3) is 0.263. The highest BCUT2D eigenvalue weighted by atomic mass is 32.2. The van der Waals surface area contributed by atoms with Gasteiger partial charge in [-0.2, -0.15) is 4.98 Å². The number of esters is 1. The van der Waals surface area contributed by atoms with Gasteiger partial charge < -0.3 is 14.5 Å². The Kier molecular flexibility index (Phi) is 6.08. The first-order valence-corrected chi connectivity index (χ1v) is 9.45. The van der Waals surface area contributed by atoms with E-state index in [9.17, 15) is 9.59 Å². The van der Waals surface area contributed by atoms with Crippen LogP contribution in [0.5, 0.6) is 0 Å². The minimum Gasteiger partial charge on any atom is -0.462 e. The minimum atomic E-state index is -0.387. The minimum absolute atomic E-state index is 0.165. The summed E-state index contributed by atoms with van der Waals surface area (Å²) < 4.78 is 10.6. The molecule has 8 heteroatoms. The van der Waals surface area contributed by atoms with Gasteiger partial charge in [-0.25, -0.2) is 9.78 Å². The number of pyridine rings is 1. The largest absolute Gasteiger partial charge is 0.462 e. The smallest absolute Gasteiger partial charge is 0.338 e. The number of aromatic nitrogens is 2. The Bertz CT molecular complexity index is 907. The molecule has 1 aromatic carbocycles. The number of carbonyl (C=O) groups excluding carboxylic acids is 2. The number of hydrogen-bond acceptors (Lipinski definition) is 7. The predicted molar refractivity (Wildman–Crippen MR) is 103 cm³/mol. The first-order valence-electron chi connectivity index (χ1n) is 8.57. The van der Waals surface area contributed by atoms with Crippen LogP contribution in [0, 0.1) is 0 Å². The molecular formula is C19H19N3O4S. The lowest BCUT2D eigenvalue weighted by Gasteiger charge is -2.13. The third-order valence-corrected chi connectivity index (χ3v) is 4.92. The number of fused-ring (bicyclic) bond motifs is 1. The molecule has 0 saturated heterocycles. The molecular weight excluding hydrogens is 366 g/mol. The molecule has 0 aliphatic rings. The van der Waals surface area contributed by atoms with Crippen molar-refractivity contribution in [3.8, 4) is 0 Å². The Balaban J connectivity index is 1.65. The van der Waals surface area contributed by atoms with Crippen molar-refractivity contribution in [2.75, 3.05) is 11.9 Å². The third kappa shape index (κ3) is 4.65. The molecule has 0 spiro atoms. The van der Waals surface area contributed by atoms with Crippen molar-refractivity contribution in [3.63, 3.8) is 0 Å². The Morgan fingerprint density at radius 3 is 2.67 bits per heavy atom. The van der Waals surface area contributed by atoms with Crippen molar-refractivity contribution in [1.82, 2.24) is 9.97 Å². The predicted octanol–water partition coefficient (Wildman–Crippen LogP) is 3.91. The van der Waals surface area contributed by atoms with Gasteiger partial charge in [-0.1, -0.05) is 18.7 Å². The zero-order chi connectivity index (χ0) is 19.2. The van der Waals surface area contributed by atoms with Gasteiger partial charge in [-0.3, -0.25) is 4.79 Å². The summed E-state index contributed by atoms with van der Waals surface area (Å²) in [5.74, 6) is -0.552. The van der Waals surface area contributed by atoms with Crippen LogP contribution < -0.4 is 5.32 Å². The molecule has 0 saturated carbocycles. The fourth-order valence-electron chi connectivity index (χ4n) is 2.37. The monoisotopic (exact) mass is 385 g/mol. The maximum absolute atomic E-state index is 12.6. The van der Waals surface area contributed by atoms with E-state index in [0.29, 0.717) is 40.7 Å². The molecule has 3 aromatic rings. The summed E-state index contributed by atoms with van der Waals surface area (Å²) in [7, 11) is 0. The van der Waals surface area contributed by atoms with Gasteiger partial charge >= 0.3 is 5.97 Å². The van der Waals surface area contributed by atoms with Crippen molar-refractivity contribution in [2.45, 2.75) is 30.7 Å². The number of hydrogen-bond donors (Lipinski definition) is 1. The van der Waals surface area contributed by atoms with E-state index in [0.717, 1.165) is 0 Å². The van der Waals surface area contributed by atoms with Crippen LogP contribution in [0.3, 0.4) is 0 Å². The van der Waals surface area contributed by atoms with Crippen LogP contribution in [0.1, 0.15) is 30.6 Å². The number of rotatable bonds is 7. The summed E-state index contributed by atoms with van der Waals surface area (Å²) in [5.41, 5.74) is 2.15. The molecule has 1 amide bonds. The first kappa shape index (κ1) is 18.9. The van der Waals surface area contributed by atoms with Crippen LogP contribution in [-0.4, -0.2) is 33.7 Å². The van der Waals surface area contributed by atoms with E-state index in [1.54, 1.807) is 49.5 Å². The maximum atomic E-state index is 12.6. The van der Waals surface area contributed by atoms with E-state index in [1.165, 1.54) is 11.8 Å². The summed E-state index contributed by atoms with van der Waals surface area (Å²) in [5, 5.41) is 2.88. The number of thioether (sulfide) groups is 1. The number of carbonyl (C=O) groups is 2. The van der Waals surface area contributed by atoms with Crippen LogP contribution in [0.2, 0.25) is 0 Å². The Morgan fingerprint density at radius 1 is 1.22 bits per heavy atom. The molecule has 1 N–H and O–H groups in total. The molecule has 1 unspecified atom stereocenters. The van der Waals surface area contributed by atoms with Crippen LogP contribution in [-0.2, 0) is 9.53 Å². The number of nitrogens with one attached hydrogen (secondary N) is 1. The van der Waals surface area contributed by atoms with Gasteiger partial charge in [0.05, 0.1) is 17.4 Å². The van der Waals surface area contributed by atoms with Gasteiger partial charge in [0.2, 0.25) is 5.91 Å². The van der Waals surface area contributed by atoms with Gasteiger partial charge in [0.25, 0.3) is 5.22 Å². The SMILES string of the molecule is CCOC(=O)c1ccc(NC(=O)C(CC)Sc2nc3ncccc3o2)cc1. The molecule has 0 aliphatic carbocycles. The van der Waals surface area contributed by atoms with Gasteiger partial charge in [0.15, 0.2) is 11.2 Å². The lowest BCUT2D eigenvalue weighted by Crippen LogP contribution is -2.24. The molecule has 1 atom stereocenters. The zero-order valence-corrected chi connectivity index (χ0v) is 15.8. The Labute approximate surface area is 160 Å². The summed E-state index contributed by atoms with van der Waals surface area (Å²) in [6, 6.07) is 10.1. The highest BCUT2D eigenvalue weighted by Gasteiger charge is 2.21. The molecule has 0 fully saturated rings. The number of amides is 1.